The Labute approximate surface area is 132 Å². The summed E-state index contributed by atoms with van der Waals surface area (Å²) in [5, 5.41) is 23.4. The molecule has 2 aliphatic rings. The van der Waals surface area contributed by atoms with Crippen LogP contribution in [0.1, 0.15) is 19.8 Å². The van der Waals surface area contributed by atoms with Crippen LogP contribution >= 0.6 is 6.89 Å². The summed E-state index contributed by atoms with van der Waals surface area (Å²) >= 11 is 0. The molecule has 6 atom stereocenters. The monoisotopic (exact) mass is 329 g/mol. The lowest BCUT2D eigenvalue weighted by Crippen LogP contribution is -2.46. The van der Waals surface area contributed by atoms with E-state index in [2.05, 4.69) is 31.5 Å². The Balaban J connectivity index is 2.04. The van der Waals surface area contributed by atoms with Gasteiger partial charge in [-0.25, -0.2) is 0 Å². The summed E-state index contributed by atoms with van der Waals surface area (Å²) in [6.07, 6.45) is 3.63. The molecule has 6 heteroatoms. The highest BCUT2D eigenvalue weighted by molar-refractivity contribution is 7.72. The predicted molar refractivity (Wildman–Crippen MR) is 90.6 cm³/mol. The van der Waals surface area contributed by atoms with E-state index < -0.39 is 25.2 Å². The third-order valence-electron chi connectivity index (χ3n) is 4.60. The van der Waals surface area contributed by atoms with E-state index in [0.29, 0.717) is 18.5 Å². The number of piperidine rings is 1. The van der Waals surface area contributed by atoms with Crippen LogP contribution in [0.25, 0.3) is 0 Å². The summed E-state index contributed by atoms with van der Waals surface area (Å²) in [5.41, 5.74) is 0.574. The van der Waals surface area contributed by atoms with E-state index in [1.165, 1.54) is 0 Å². The SMILES string of the molecule is C=C1NC(=O)C(C)CC1[C@@H]1O[C@H](CCP(=C)(C)C)[C@@H](O)[C@H]1O. The molecule has 0 aromatic heterocycles. The first-order valence-corrected chi connectivity index (χ1v) is 10.8. The number of carbonyl (C=O) groups is 1. The van der Waals surface area contributed by atoms with Crippen molar-refractivity contribution in [3.63, 3.8) is 0 Å². The van der Waals surface area contributed by atoms with Gasteiger partial charge in [-0.3, -0.25) is 4.79 Å². The van der Waals surface area contributed by atoms with Crippen molar-refractivity contribution in [2.24, 2.45) is 11.8 Å². The van der Waals surface area contributed by atoms with Crippen molar-refractivity contribution in [2.45, 2.75) is 44.2 Å². The average molecular weight is 329 g/mol. The van der Waals surface area contributed by atoms with Gasteiger partial charge in [0, 0.05) is 17.5 Å². The Morgan fingerprint density at radius 1 is 1.36 bits per heavy atom. The highest BCUT2D eigenvalue weighted by Crippen LogP contribution is 2.40. The van der Waals surface area contributed by atoms with Gasteiger partial charge >= 0.3 is 0 Å². The normalized spacial score (nSPS) is 39.9. The van der Waals surface area contributed by atoms with Crippen LogP contribution in [0, 0.1) is 11.8 Å². The number of aliphatic hydroxyl groups is 2. The van der Waals surface area contributed by atoms with Crippen LogP contribution in [0.3, 0.4) is 0 Å². The van der Waals surface area contributed by atoms with Crippen LogP contribution in [-0.2, 0) is 9.53 Å². The molecule has 2 fully saturated rings. The molecule has 22 heavy (non-hydrogen) atoms. The molecule has 0 saturated carbocycles. The van der Waals surface area contributed by atoms with Crippen LogP contribution in [0.15, 0.2) is 12.3 Å². The number of hydrogen-bond acceptors (Lipinski definition) is 4. The van der Waals surface area contributed by atoms with Gasteiger partial charge in [-0.05, 0) is 32.3 Å². The fraction of sp³-hybridized carbons (Fsp3) is 0.750. The van der Waals surface area contributed by atoms with E-state index in [1.807, 2.05) is 6.92 Å². The second kappa shape index (κ2) is 6.48. The molecule has 0 spiro atoms. The second-order valence-corrected chi connectivity index (χ2v) is 11.6. The van der Waals surface area contributed by atoms with Crippen LogP contribution in [0.5, 0.6) is 0 Å². The second-order valence-electron chi connectivity index (χ2n) is 7.33. The van der Waals surface area contributed by atoms with Gasteiger partial charge in [0.15, 0.2) is 0 Å². The molecule has 2 unspecified atom stereocenters. The fourth-order valence-corrected chi connectivity index (χ4v) is 4.12. The highest BCUT2D eigenvalue weighted by atomic mass is 31.2. The molecule has 0 aromatic carbocycles. The zero-order chi connectivity index (χ0) is 16.7. The highest BCUT2D eigenvalue weighted by Gasteiger charge is 2.48. The molecule has 0 aromatic rings. The summed E-state index contributed by atoms with van der Waals surface area (Å²) in [6, 6.07) is 0. The maximum atomic E-state index is 11.7. The lowest BCUT2D eigenvalue weighted by atomic mass is 9.83. The molecule has 2 saturated heterocycles. The number of carbonyl (C=O) groups excluding carboxylic acids is 1. The summed E-state index contributed by atoms with van der Waals surface area (Å²) < 4.78 is 5.95. The molecule has 2 heterocycles. The Morgan fingerprint density at radius 2 is 2.00 bits per heavy atom. The van der Waals surface area contributed by atoms with Crippen molar-refractivity contribution in [2.75, 3.05) is 19.5 Å². The number of ether oxygens (including phenoxy) is 1. The first kappa shape index (κ1) is 17.7. The quantitative estimate of drug-likeness (QED) is 0.669. The molecule has 3 N–H and O–H groups in total. The lowest BCUT2D eigenvalue weighted by molar-refractivity contribution is -0.127. The number of hydrogen-bond donors (Lipinski definition) is 3. The summed E-state index contributed by atoms with van der Waals surface area (Å²) in [6.45, 7) is 8.82. The Bertz CT molecular complexity index is 500. The Kier molecular flexibility index (Phi) is 5.23. The van der Waals surface area contributed by atoms with Gasteiger partial charge in [-0.1, -0.05) is 13.5 Å². The molecular weight excluding hydrogens is 301 g/mol. The first-order chi connectivity index (χ1) is 10.1. The summed E-state index contributed by atoms with van der Waals surface area (Å²) in [5.74, 6) is -0.355. The number of nitrogens with one attached hydrogen (secondary N) is 1. The van der Waals surface area contributed by atoms with Gasteiger partial charge < -0.3 is 20.3 Å². The van der Waals surface area contributed by atoms with Crippen molar-refractivity contribution >= 4 is 19.1 Å². The molecule has 1 amide bonds. The van der Waals surface area contributed by atoms with Gasteiger partial charge in [0.05, 0.1) is 12.2 Å². The minimum absolute atomic E-state index is 0.0468. The standard InChI is InChI=1S/C16H28NO4P/c1-9-8-11(10(2)17-16(9)20)15-14(19)13(18)12(21-15)6-7-22(3,4)5/h9,11-15,18-19H,2-3,6-8H2,1,4-5H3,(H,17,20)/t9?,11?,12-,13-,14-,15+/m1/s1. The van der Waals surface area contributed by atoms with Gasteiger partial charge in [0.25, 0.3) is 0 Å². The van der Waals surface area contributed by atoms with Gasteiger partial charge in [-0.2, -0.15) is 0 Å². The Morgan fingerprint density at radius 3 is 2.59 bits per heavy atom. The van der Waals surface area contributed by atoms with Crippen molar-refractivity contribution < 1.29 is 19.7 Å². The molecule has 0 radical (unpaired) electrons. The van der Waals surface area contributed by atoms with Crippen LogP contribution in [-0.4, -0.2) is 66.3 Å². The van der Waals surface area contributed by atoms with E-state index in [4.69, 9.17) is 4.74 Å². The minimum atomic E-state index is -1.19. The maximum Gasteiger partial charge on any atom is 0.226 e. The first-order valence-electron chi connectivity index (χ1n) is 7.79. The third-order valence-corrected chi connectivity index (χ3v) is 6.07. The number of aliphatic hydroxyl groups excluding tert-OH is 2. The molecule has 2 rings (SSSR count). The summed E-state index contributed by atoms with van der Waals surface area (Å²) in [7, 11) is 0. The van der Waals surface area contributed by atoms with E-state index >= 15 is 0 Å². The number of amides is 1. The Hall–Kier alpha value is -0.610. The smallest absolute Gasteiger partial charge is 0.226 e. The molecule has 5 nitrogen and oxygen atoms in total. The van der Waals surface area contributed by atoms with Crippen molar-refractivity contribution in [1.82, 2.24) is 5.32 Å². The average Bonchev–Trinajstić information content (AvgIpc) is 2.68. The topological polar surface area (TPSA) is 78.8 Å². The van der Waals surface area contributed by atoms with Gasteiger partial charge in [0.2, 0.25) is 5.91 Å². The molecule has 2 aliphatic heterocycles. The molecule has 126 valence electrons. The predicted octanol–water partition coefficient (Wildman–Crippen LogP) is 0.861. The van der Waals surface area contributed by atoms with Crippen molar-refractivity contribution in [3.8, 4) is 0 Å². The lowest BCUT2D eigenvalue weighted by Gasteiger charge is -2.34. The zero-order valence-corrected chi connectivity index (χ0v) is 14.6. The van der Waals surface area contributed by atoms with Crippen LogP contribution in [0.2, 0.25) is 0 Å². The zero-order valence-electron chi connectivity index (χ0n) is 13.7. The fourth-order valence-electron chi connectivity index (χ4n) is 3.16. The largest absolute Gasteiger partial charge is 0.388 e. The minimum Gasteiger partial charge on any atom is -0.388 e. The van der Waals surface area contributed by atoms with E-state index in [-0.39, 0.29) is 23.8 Å². The summed E-state index contributed by atoms with van der Waals surface area (Å²) in [4.78, 5) is 11.7. The molecule has 0 bridgehead atoms. The molecular formula is C16H28NO4P. The van der Waals surface area contributed by atoms with Crippen molar-refractivity contribution in [1.29, 1.82) is 0 Å². The van der Waals surface area contributed by atoms with E-state index in [9.17, 15) is 15.0 Å². The van der Waals surface area contributed by atoms with Crippen LogP contribution < -0.4 is 5.32 Å². The van der Waals surface area contributed by atoms with Crippen molar-refractivity contribution in [3.05, 3.63) is 12.3 Å². The maximum absolute atomic E-state index is 11.7. The third kappa shape index (κ3) is 3.83. The van der Waals surface area contributed by atoms with Gasteiger partial charge in [-0.15, -0.1) is 13.2 Å². The van der Waals surface area contributed by atoms with E-state index in [0.717, 1.165) is 6.16 Å². The van der Waals surface area contributed by atoms with Gasteiger partial charge in [0.1, 0.15) is 12.2 Å². The van der Waals surface area contributed by atoms with E-state index in [1.54, 1.807) is 0 Å². The molecule has 0 aliphatic carbocycles. The number of rotatable bonds is 4. The van der Waals surface area contributed by atoms with Crippen LogP contribution in [0.4, 0.5) is 0 Å².